The number of hydrogen-bond donors (Lipinski definition) is 1. The van der Waals surface area contributed by atoms with E-state index in [2.05, 4.69) is 57.7 Å². The van der Waals surface area contributed by atoms with E-state index in [1.54, 1.807) is 6.20 Å². The number of anilines is 2. The molecule has 0 spiro atoms. The van der Waals surface area contributed by atoms with E-state index in [1.807, 2.05) is 42.5 Å². The van der Waals surface area contributed by atoms with Crippen molar-refractivity contribution in [3.8, 4) is 17.3 Å². The molecule has 6 nitrogen and oxygen atoms in total. The fourth-order valence-corrected chi connectivity index (χ4v) is 4.22. The SMILES string of the molecule is N#Cc1cc(-c2ccnc(Cc3ccc(N4CCOCC4)cc3)n2)ccc1NCc1ccccc1. The second-order valence-electron chi connectivity index (χ2n) is 8.51. The van der Waals surface area contributed by atoms with Crippen LogP contribution in [0.5, 0.6) is 0 Å². The highest BCUT2D eigenvalue weighted by Gasteiger charge is 2.12. The molecule has 5 rings (SSSR count). The first kappa shape index (κ1) is 22.6. The van der Waals surface area contributed by atoms with Gasteiger partial charge in [0.05, 0.1) is 30.2 Å². The second kappa shape index (κ2) is 10.8. The Labute approximate surface area is 205 Å². The Balaban J connectivity index is 1.28. The van der Waals surface area contributed by atoms with Crippen molar-refractivity contribution in [3.63, 3.8) is 0 Å². The summed E-state index contributed by atoms with van der Waals surface area (Å²) in [4.78, 5) is 11.6. The van der Waals surface area contributed by atoms with E-state index in [-0.39, 0.29) is 0 Å². The van der Waals surface area contributed by atoms with Gasteiger partial charge in [-0.2, -0.15) is 5.26 Å². The van der Waals surface area contributed by atoms with Gasteiger partial charge in [0.15, 0.2) is 0 Å². The molecular weight excluding hydrogens is 434 g/mol. The van der Waals surface area contributed by atoms with Gasteiger partial charge in [0, 0.05) is 43.5 Å². The largest absolute Gasteiger partial charge is 0.380 e. The molecule has 0 bridgehead atoms. The molecule has 3 aromatic carbocycles. The van der Waals surface area contributed by atoms with Crippen LogP contribution in [-0.2, 0) is 17.7 Å². The predicted octanol–water partition coefficient (Wildman–Crippen LogP) is 5.05. The molecule has 0 radical (unpaired) electrons. The molecule has 0 amide bonds. The maximum Gasteiger partial charge on any atom is 0.133 e. The van der Waals surface area contributed by atoms with Crippen molar-refractivity contribution >= 4 is 11.4 Å². The van der Waals surface area contributed by atoms with Gasteiger partial charge >= 0.3 is 0 Å². The van der Waals surface area contributed by atoms with Crippen LogP contribution < -0.4 is 10.2 Å². The van der Waals surface area contributed by atoms with E-state index in [1.165, 1.54) is 11.3 Å². The predicted molar refractivity (Wildman–Crippen MR) is 138 cm³/mol. The van der Waals surface area contributed by atoms with Crippen molar-refractivity contribution in [3.05, 3.63) is 108 Å². The molecular formula is C29H27N5O. The molecule has 4 aromatic rings. The first-order chi connectivity index (χ1) is 17.3. The van der Waals surface area contributed by atoms with Crippen LogP contribution >= 0.6 is 0 Å². The third-order valence-electron chi connectivity index (χ3n) is 6.14. The number of benzene rings is 3. The molecule has 0 atom stereocenters. The summed E-state index contributed by atoms with van der Waals surface area (Å²) in [6.07, 6.45) is 2.44. The van der Waals surface area contributed by atoms with Gasteiger partial charge in [0.25, 0.3) is 0 Å². The number of morpholine rings is 1. The smallest absolute Gasteiger partial charge is 0.133 e. The molecule has 1 N–H and O–H groups in total. The van der Waals surface area contributed by atoms with Gasteiger partial charge in [0.1, 0.15) is 11.9 Å². The Morgan fingerprint density at radius 1 is 0.914 bits per heavy atom. The van der Waals surface area contributed by atoms with E-state index in [0.29, 0.717) is 18.5 Å². The Hall–Kier alpha value is -4.21. The lowest BCUT2D eigenvalue weighted by Gasteiger charge is -2.28. The maximum absolute atomic E-state index is 9.72. The summed E-state index contributed by atoms with van der Waals surface area (Å²) in [5.41, 5.74) is 6.67. The molecule has 2 heterocycles. The van der Waals surface area contributed by atoms with Crippen LogP contribution in [-0.4, -0.2) is 36.3 Å². The highest BCUT2D eigenvalue weighted by Crippen LogP contribution is 2.25. The minimum absolute atomic E-state index is 0.595. The lowest BCUT2D eigenvalue weighted by molar-refractivity contribution is 0.122. The van der Waals surface area contributed by atoms with E-state index >= 15 is 0 Å². The third kappa shape index (κ3) is 5.65. The van der Waals surface area contributed by atoms with Gasteiger partial charge in [-0.05, 0) is 41.5 Å². The van der Waals surface area contributed by atoms with E-state index in [4.69, 9.17) is 9.72 Å². The molecule has 6 heteroatoms. The Bertz CT molecular complexity index is 1310. The van der Waals surface area contributed by atoms with Crippen molar-refractivity contribution in [2.45, 2.75) is 13.0 Å². The van der Waals surface area contributed by atoms with Crippen LogP contribution in [0, 0.1) is 11.3 Å². The fraction of sp³-hybridized carbons (Fsp3) is 0.207. The van der Waals surface area contributed by atoms with Crippen molar-refractivity contribution in [2.24, 2.45) is 0 Å². The van der Waals surface area contributed by atoms with Gasteiger partial charge in [-0.3, -0.25) is 0 Å². The topological polar surface area (TPSA) is 74.1 Å². The van der Waals surface area contributed by atoms with Gasteiger partial charge < -0.3 is 15.0 Å². The first-order valence-electron chi connectivity index (χ1n) is 11.8. The zero-order valence-corrected chi connectivity index (χ0v) is 19.5. The van der Waals surface area contributed by atoms with Crippen LogP contribution in [0.4, 0.5) is 11.4 Å². The summed E-state index contributed by atoms with van der Waals surface area (Å²) in [6, 6.07) is 28.8. The van der Waals surface area contributed by atoms with Crippen molar-refractivity contribution in [2.75, 3.05) is 36.5 Å². The van der Waals surface area contributed by atoms with Crippen LogP contribution in [0.3, 0.4) is 0 Å². The summed E-state index contributed by atoms with van der Waals surface area (Å²) in [5, 5.41) is 13.1. The summed E-state index contributed by atoms with van der Waals surface area (Å²) in [7, 11) is 0. The number of aromatic nitrogens is 2. The zero-order valence-electron chi connectivity index (χ0n) is 19.5. The van der Waals surface area contributed by atoms with Crippen molar-refractivity contribution in [1.82, 2.24) is 9.97 Å². The molecule has 0 aliphatic carbocycles. The normalized spacial score (nSPS) is 13.3. The first-order valence-corrected chi connectivity index (χ1v) is 11.8. The quantitative estimate of drug-likeness (QED) is 0.415. The highest BCUT2D eigenvalue weighted by molar-refractivity contribution is 5.69. The zero-order chi connectivity index (χ0) is 23.9. The van der Waals surface area contributed by atoms with Crippen molar-refractivity contribution < 1.29 is 4.74 Å². The molecule has 1 aliphatic rings. The molecule has 0 saturated carbocycles. The van der Waals surface area contributed by atoms with Crippen LogP contribution in [0.2, 0.25) is 0 Å². The third-order valence-corrected chi connectivity index (χ3v) is 6.14. The molecule has 35 heavy (non-hydrogen) atoms. The maximum atomic E-state index is 9.72. The molecule has 1 saturated heterocycles. The standard InChI is InChI=1S/C29H27N5O/c30-20-25-19-24(8-11-27(25)32-21-23-4-2-1-3-5-23)28-12-13-31-29(33-28)18-22-6-9-26(10-7-22)34-14-16-35-17-15-34/h1-13,19,32H,14-18,21H2. The van der Waals surface area contributed by atoms with E-state index in [0.717, 1.165) is 54.6 Å². The minimum atomic E-state index is 0.595. The van der Waals surface area contributed by atoms with Gasteiger partial charge in [-0.1, -0.05) is 48.5 Å². The Morgan fingerprint density at radius 2 is 1.71 bits per heavy atom. The number of rotatable bonds is 7. The van der Waals surface area contributed by atoms with Crippen LogP contribution in [0.15, 0.2) is 85.1 Å². The van der Waals surface area contributed by atoms with E-state index in [9.17, 15) is 5.26 Å². The van der Waals surface area contributed by atoms with Gasteiger partial charge in [0.2, 0.25) is 0 Å². The monoisotopic (exact) mass is 461 g/mol. The minimum Gasteiger partial charge on any atom is -0.380 e. The molecule has 1 fully saturated rings. The van der Waals surface area contributed by atoms with Gasteiger partial charge in [-0.15, -0.1) is 0 Å². The highest BCUT2D eigenvalue weighted by atomic mass is 16.5. The van der Waals surface area contributed by atoms with E-state index < -0.39 is 0 Å². The number of ether oxygens (including phenoxy) is 1. The molecule has 0 unspecified atom stereocenters. The summed E-state index contributed by atoms with van der Waals surface area (Å²) >= 11 is 0. The average Bonchev–Trinajstić information content (AvgIpc) is 2.93. The molecule has 1 aromatic heterocycles. The molecule has 1 aliphatic heterocycles. The fourth-order valence-electron chi connectivity index (χ4n) is 4.22. The summed E-state index contributed by atoms with van der Waals surface area (Å²) in [6.45, 7) is 4.07. The van der Waals surface area contributed by atoms with Crippen LogP contribution in [0.1, 0.15) is 22.5 Å². The Kier molecular flexibility index (Phi) is 6.97. The van der Waals surface area contributed by atoms with Gasteiger partial charge in [-0.25, -0.2) is 9.97 Å². The number of nitriles is 1. The number of hydrogen-bond acceptors (Lipinski definition) is 6. The number of nitrogens with zero attached hydrogens (tertiary/aromatic N) is 4. The lowest BCUT2D eigenvalue weighted by Crippen LogP contribution is -2.36. The second-order valence-corrected chi connectivity index (χ2v) is 8.51. The summed E-state index contributed by atoms with van der Waals surface area (Å²) in [5.74, 6) is 0.756. The average molecular weight is 462 g/mol. The Morgan fingerprint density at radius 3 is 2.49 bits per heavy atom. The lowest BCUT2D eigenvalue weighted by atomic mass is 10.1. The summed E-state index contributed by atoms with van der Waals surface area (Å²) < 4.78 is 5.44. The number of nitrogens with one attached hydrogen (secondary N) is 1. The molecule has 174 valence electrons. The van der Waals surface area contributed by atoms with Crippen LogP contribution in [0.25, 0.3) is 11.3 Å². The van der Waals surface area contributed by atoms with Crippen molar-refractivity contribution in [1.29, 1.82) is 5.26 Å².